The number of ketones is 1. The summed E-state index contributed by atoms with van der Waals surface area (Å²) in [6, 6.07) is 5.70. The minimum Gasteiger partial charge on any atom is -0.396 e. The van der Waals surface area contributed by atoms with Crippen molar-refractivity contribution in [1.29, 1.82) is 0 Å². The molecule has 1 fully saturated rings. The Hall–Kier alpha value is -1.26. The standard InChI is InChI=1S/C15H20FNO2/c16-14-5-3-13(4-6-14)15(19)11-17-8-1-2-12(10-17)7-9-18/h3-6,12,18H,1-2,7-11H2. The molecule has 0 aromatic heterocycles. The van der Waals surface area contributed by atoms with Crippen LogP contribution in [-0.2, 0) is 0 Å². The molecule has 104 valence electrons. The molecule has 4 heteroatoms. The molecule has 2 rings (SSSR count). The zero-order valence-corrected chi connectivity index (χ0v) is 11.0. The van der Waals surface area contributed by atoms with Crippen LogP contribution in [0, 0.1) is 11.7 Å². The summed E-state index contributed by atoms with van der Waals surface area (Å²) in [7, 11) is 0. The minimum atomic E-state index is -0.322. The molecule has 1 aliphatic heterocycles. The Balaban J connectivity index is 1.89. The molecular formula is C15H20FNO2. The Morgan fingerprint density at radius 3 is 2.79 bits per heavy atom. The highest BCUT2D eigenvalue weighted by Crippen LogP contribution is 2.19. The molecule has 0 bridgehead atoms. The van der Waals surface area contributed by atoms with E-state index < -0.39 is 0 Å². The lowest BCUT2D eigenvalue weighted by atomic mass is 9.95. The number of aliphatic hydroxyl groups is 1. The van der Waals surface area contributed by atoms with E-state index in [0.717, 1.165) is 32.4 Å². The van der Waals surface area contributed by atoms with Gasteiger partial charge in [0.05, 0.1) is 6.54 Å². The number of benzene rings is 1. The molecule has 1 N–H and O–H groups in total. The Morgan fingerprint density at radius 1 is 1.37 bits per heavy atom. The first-order valence-corrected chi connectivity index (χ1v) is 6.81. The molecular weight excluding hydrogens is 245 g/mol. The lowest BCUT2D eigenvalue weighted by molar-refractivity contribution is 0.0871. The van der Waals surface area contributed by atoms with Crippen LogP contribution in [-0.4, -0.2) is 42.0 Å². The second-order valence-corrected chi connectivity index (χ2v) is 5.19. The van der Waals surface area contributed by atoms with E-state index in [9.17, 15) is 9.18 Å². The van der Waals surface area contributed by atoms with E-state index in [4.69, 9.17) is 5.11 Å². The average molecular weight is 265 g/mol. The summed E-state index contributed by atoms with van der Waals surface area (Å²) in [5.74, 6) is 0.196. The zero-order chi connectivity index (χ0) is 13.7. The second-order valence-electron chi connectivity index (χ2n) is 5.19. The SMILES string of the molecule is O=C(CN1CCCC(CCO)C1)c1ccc(F)cc1. The zero-order valence-electron chi connectivity index (χ0n) is 11.0. The molecule has 3 nitrogen and oxygen atoms in total. The molecule has 19 heavy (non-hydrogen) atoms. The summed E-state index contributed by atoms with van der Waals surface area (Å²) in [5.41, 5.74) is 0.561. The van der Waals surface area contributed by atoms with Crippen LogP contribution < -0.4 is 0 Å². The molecule has 1 aromatic rings. The molecule has 1 aromatic carbocycles. The fourth-order valence-corrected chi connectivity index (χ4v) is 2.64. The third-order valence-electron chi connectivity index (χ3n) is 3.67. The average Bonchev–Trinajstić information content (AvgIpc) is 2.40. The third kappa shape index (κ3) is 4.11. The maximum atomic E-state index is 12.8. The van der Waals surface area contributed by atoms with E-state index in [0.29, 0.717) is 18.0 Å². The molecule has 0 aliphatic carbocycles. The molecule has 0 amide bonds. The van der Waals surface area contributed by atoms with Crippen molar-refractivity contribution in [3.05, 3.63) is 35.6 Å². The maximum Gasteiger partial charge on any atom is 0.176 e. The fraction of sp³-hybridized carbons (Fsp3) is 0.533. The number of halogens is 1. The molecule has 1 heterocycles. The van der Waals surface area contributed by atoms with Gasteiger partial charge in [0.1, 0.15) is 5.82 Å². The Bertz CT molecular complexity index is 417. The monoisotopic (exact) mass is 265 g/mol. The van der Waals surface area contributed by atoms with Gasteiger partial charge < -0.3 is 5.11 Å². The van der Waals surface area contributed by atoms with Crippen LogP contribution in [0.4, 0.5) is 4.39 Å². The summed E-state index contributed by atoms with van der Waals surface area (Å²) in [5, 5.41) is 8.97. The highest BCUT2D eigenvalue weighted by Gasteiger charge is 2.21. The lowest BCUT2D eigenvalue weighted by Crippen LogP contribution is -2.39. The Morgan fingerprint density at radius 2 is 2.11 bits per heavy atom. The molecule has 1 unspecified atom stereocenters. The highest BCUT2D eigenvalue weighted by atomic mass is 19.1. The van der Waals surface area contributed by atoms with Gasteiger partial charge in [0, 0.05) is 18.7 Å². The number of Topliss-reactive ketones (excluding diaryl/α,β-unsaturated/α-hetero) is 1. The van der Waals surface area contributed by atoms with Gasteiger partial charge in [0.2, 0.25) is 0 Å². The van der Waals surface area contributed by atoms with Gasteiger partial charge in [-0.05, 0) is 56.0 Å². The number of carbonyl (C=O) groups excluding carboxylic acids is 1. The van der Waals surface area contributed by atoms with Gasteiger partial charge in [-0.3, -0.25) is 9.69 Å². The van der Waals surface area contributed by atoms with Crippen LogP contribution in [0.25, 0.3) is 0 Å². The number of aliphatic hydroxyl groups excluding tert-OH is 1. The minimum absolute atomic E-state index is 0.0321. The lowest BCUT2D eigenvalue weighted by Gasteiger charge is -2.31. The highest BCUT2D eigenvalue weighted by molar-refractivity contribution is 5.97. The van der Waals surface area contributed by atoms with Gasteiger partial charge in [0.15, 0.2) is 5.78 Å². The number of hydrogen-bond donors (Lipinski definition) is 1. The topological polar surface area (TPSA) is 40.5 Å². The quantitative estimate of drug-likeness (QED) is 0.829. The Kier molecular flexibility index (Phi) is 5.05. The van der Waals surface area contributed by atoms with Crippen LogP contribution in [0.3, 0.4) is 0 Å². The van der Waals surface area contributed by atoms with Crippen molar-refractivity contribution in [3.8, 4) is 0 Å². The summed E-state index contributed by atoms with van der Waals surface area (Å²) in [6.07, 6.45) is 3.00. The van der Waals surface area contributed by atoms with E-state index in [1.165, 1.54) is 24.3 Å². The molecule has 1 atom stereocenters. The smallest absolute Gasteiger partial charge is 0.176 e. The van der Waals surface area contributed by atoms with Crippen molar-refractivity contribution >= 4 is 5.78 Å². The molecule has 0 radical (unpaired) electrons. The van der Waals surface area contributed by atoms with Gasteiger partial charge in [-0.2, -0.15) is 0 Å². The van der Waals surface area contributed by atoms with Gasteiger partial charge in [-0.25, -0.2) is 4.39 Å². The maximum absolute atomic E-state index is 12.8. The number of carbonyl (C=O) groups is 1. The van der Waals surface area contributed by atoms with E-state index in [1.807, 2.05) is 0 Å². The van der Waals surface area contributed by atoms with Crippen LogP contribution in [0.5, 0.6) is 0 Å². The Labute approximate surface area is 113 Å². The van der Waals surface area contributed by atoms with Crippen LogP contribution in [0.1, 0.15) is 29.6 Å². The van der Waals surface area contributed by atoms with Crippen LogP contribution >= 0.6 is 0 Å². The first-order valence-electron chi connectivity index (χ1n) is 6.81. The predicted molar refractivity (Wildman–Crippen MR) is 71.6 cm³/mol. The van der Waals surface area contributed by atoms with Crippen molar-refractivity contribution in [3.63, 3.8) is 0 Å². The molecule has 0 spiro atoms. The number of piperidine rings is 1. The van der Waals surface area contributed by atoms with E-state index in [2.05, 4.69) is 4.90 Å². The van der Waals surface area contributed by atoms with Gasteiger partial charge in [-0.1, -0.05) is 0 Å². The van der Waals surface area contributed by atoms with Crippen molar-refractivity contribution < 1.29 is 14.3 Å². The normalized spacial score (nSPS) is 20.4. The van der Waals surface area contributed by atoms with Crippen molar-refractivity contribution in [2.75, 3.05) is 26.2 Å². The van der Waals surface area contributed by atoms with Gasteiger partial charge >= 0.3 is 0 Å². The van der Waals surface area contributed by atoms with Crippen molar-refractivity contribution in [2.45, 2.75) is 19.3 Å². The first-order chi connectivity index (χ1) is 9.19. The van der Waals surface area contributed by atoms with Crippen LogP contribution in [0.2, 0.25) is 0 Å². The number of nitrogens with zero attached hydrogens (tertiary/aromatic N) is 1. The van der Waals surface area contributed by atoms with Crippen LogP contribution in [0.15, 0.2) is 24.3 Å². The van der Waals surface area contributed by atoms with Crippen molar-refractivity contribution in [2.24, 2.45) is 5.92 Å². The van der Waals surface area contributed by atoms with Crippen molar-refractivity contribution in [1.82, 2.24) is 4.90 Å². The summed E-state index contributed by atoms with van der Waals surface area (Å²) in [4.78, 5) is 14.2. The number of likely N-dealkylation sites (tertiary alicyclic amines) is 1. The summed E-state index contributed by atoms with van der Waals surface area (Å²) < 4.78 is 12.8. The largest absolute Gasteiger partial charge is 0.396 e. The van der Waals surface area contributed by atoms with Gasteiger partial charge in [0.25, 0.3) is 0 Å². The molecule has 1 aliphatic rings. The predicted octanol–water partition coefficient (Wildman–Crippen LogP) is 2.10. The first kappa shape index (κ1) is 14.2. The van der Waals surface area contributed by atoms with E-state index in [-0.39, 0.29) is 18.2 Å². The number of rotatable bonds is 5. The summed E-state index contributed by atoms with van der Waals surface area (Å²) >= 11 is 0. The summed E-state index contributed by atoms with van der Waals surface area (Å²) in [6.45, 7) is 2.39. The number of hydrogen-bond acceptors (Lipinski definition) is 3. The molecule has 0 saturated carbocycles. The third-order valence-corrected chi connectivity index (χ3v) is 3.67. The second kappa shape index (κ2) is 6.78. The van der Waals surface area contributed by atoms with Gasteiger partial charge in [-0.15, -0.1) is 0 Å². The molecule has 1 saturated heterocycles. The van der Waals surface area contributed by atoms with E-state index >= 15 is 0 Å². The fourth-order valence-electron chi connectivity index (χ4n) is 2.64. The van der Waals surface area contributed by atoms with E-state index in [1.54, 1.807) is 0 Å².